The van der Waals surface area contributed by atoms with Crippen molar-refractivity contribution in [2.45, 2.75) is 27.2 Å². The summed E-state index contributed by atoms with van der Waals surface area (Å²) in [6, 6.07) is 1.98. The van der Waals surface area contributed by atoms with Crippen molar-refractivity contribution in [2.24, 2.45) is 7.05 Å². The first-order valence-electron chi connectivity index (χ1n) is 4.93. The second-order valence-corrected chi connectivity index (χ2v) is 3.39. The Morgan fingerprint density at radius 1 is 1.36 bits per heavy atom. The van der Waals surface area contributed by atoms with Gasteiger partial charge in [0.15, 0.2) is 0 Å². The maximum Gasteiger partial charge on any atom is 0.0956 e. The maximum atomic E-state index is 4.25. The molecule has 3 nitrogen and oxygen atoms in total. The molecule has 0 fully saturated rings. The Kier molecular flexibility index (Phi) is 3.63. The molecule has 76 valence electrons. The van der Waals surface area contributed by atoms with E-state index in [0.717, 1.165) is 16.6 Å². The van der Waals surface area contributed by atoms with Crippen molar-refractivity contribution in [3.05, 3.63) is 24.2 Å². The van der Waals surface area contributed by atoms with Crippen molar-refractivity contribution < 1.29 is 0 Å². The summed E-state index contributed by atoms with van der Waals surface area (Å²) >= 11 is 0. The fraction of sp³-hybridized carbons (Fsp3) is 0.455. The van der Waals surface area contributed by atoms with Crippen LogP contribution in [-0.4, -0.2) is 14.8 Å². The molecule has 0 aliphatic rings. The van der Waals surface area contributed by atoms with Crippen molar-refractivity contribution in [1.29, 1.82) is 0 Å². The first-order chi connectivity index (χ1) is 6.67. The van der Waals surface area contributed by atoms with Gasteiger partial charge in [0.2, 0.25) is 0 Å². The first kappa shape index (κ1) is 10.7. The molecule has 0 atom stereocenters. The van der Waals surface area contributed by atoms with Crippen LogP contribution in [0.15, 0.2) is 18.5 Å². The van der Waals surface area contributed by atoms with E-state index in [1.54, 1.807) is 4.68 Å². The fourth-order valence-electron chi connectivity index (χ4n) is 1.14. The van der Waals surface area contributed by atoms with Crippen LogP contribution in [0.1, 0.15) is 26.0 Å². The van der Waals surface area contributed by atoms with Crippen LogP contribution >= 0.6 is 0 Å². The average molecular weight is 191 g/mol. The van der Waals surface area contributed by atoms with Gasteiger partial charge in [0, 0.05) is 30.5 Å². The van der Waals surface area contributed by atoms with Gasteiger partial charge >= 0.3 is 0 Å². The molecule has 2 heterocycles. The molecule has 0 unspecified atom stereocenters. The van der Waals surface area contributed by atoms with Crippen LogP contribution in [0.3, 0.4) is 0 Å². The van der Waals surface area contributed by atoms with Gasteiger partial charge in [0.1, 0.15) is 0 Å². The van der Waals surface area contributed by atoms with Crippen molar-refractivity contribution >= 4 is 10.9 Å². The van der Waals surface area contributed by atoms with E-state index < -0.39 is 0 Å². The summed E-state index contributed by atoms with van der Waals surface area (Å²) < 4.78 is 1.80. The third-order valence-electron chi connectivity index (χ3n) is 1.64. The highest BCUT2D eigenvalue weighted by molar-refractivity contribution is 5.77. The minimum absolute atomic E-state index is 1.01. The highest BCUT2D eigenvalue weighted by Gasteiger charge is 1.97. The second kappa shape index (κ2) is 4.74. The van der Waals surface area contributed by atoms with Gasteiger partial charge in [0.05, 0.1) is 5.52 Å². The van der Waals surface area contributed by atoms with Gasteiger partial charge in [-0.25, -0.2) is 0 Å². The number of pyridine rings is 1. The summed E-state index contributed by atoms with van der Waals surface area (Å²) in [4.78, 5) is 4.17. The Labute approximate surface area is 84.8 Å². The average Bonchev–Trinajstić information content (AvgIpc) is 2.45. The summed E-state index contributed by atoms with van der Waals surface area (Å²) in [6.45, 7) is 6.22. The van der Waals surface area contributed by atoms with E-state index in [0.29, 0.717) is 0 Å². The van der Waals surface area contributed by atoms with Gasteiger partial charge in [0.25, 0.3) is 0 Å². The molecule has 0 N–H and O–H groups in total. The van der Waals surface area contributed by atoms with E-state index in [1.165, 1.54) is 6.42 Å². The number of aromatic nitrogens is 3. The molecule has 2 rings (SSSR count). The van der Waals surface area contributed by atoms with E-state index >= 15 is 0 Å². The zero-order valence-corrected chi connectivity index (χ0v) is 9.28. The minimum atomic E-state index is 1.01. The van der Waals surface area contributed by atoms with Gasteiger partial charge < -0.3 is 0 Å². The molecule has 0 aromatic carbocycles. The SMILES string of the molecule is CCC.Cc1cc2nn(C)cc2cn1. The van der Waals surface area contributed by atoms with Crippen molar-refractivity contribution in [2.75, 3.05) is 0 Å². The Balaban J connectivity index is 0.000000293. The largest absolute Gasteiger partial charge is 0.275 e. The minimum Gasteiger partial charge on any atom is -0.275 e. The monoisotopic (exact) mass is 191 g/mol. The van der Waals surface area contributed by atoms with Crippen LogP contribution in [0.4, 0.5) is 0 Å². The van der Waals surface area contributed by atoms with Gasteiger partial charge in [-0.2, -0.15) is 5.10 Å². The standard InChI is InChI=1S/C8H9N3.C3H8/c1-6-3-8-7(4-9-6)5-11(2)10-8;1-3-2/h3-5H,1-2H3;3H2,1-2H3. The molecule has 14 heavy (non-hydrogen) atoms. The van der Waals surface area contributed by atoms with Gasteiger partial charge in [-0.1, -0.05) is 20.3 Å². The summed E-state index contributed by atoms with van der Waals surface area (Å²) in [5.74, 6) is 0. The Hall–Kier alpha value is -1.38. The molecule has 3 heteroatoms. The Morgan fingerprint density at radius 2 is 2.00 bits per heavy atom. The molecule has 0 saturated heterocycles. The van der Waals surface area contributed by atoms with Crippen molar-refractivity contribution in [3.63, 3.8) is 0 Å². The van der Waals surface area contributed by atoms with Crippen LogP contribution in [0.2, 0.25) is 0 Å². The normalized spacial score (nSPS) is 9.71. The van der Waals surface area contributed by atoms with E-state index in [-0.39, 0.29) is 0 Å². The second-order valence-electron chi connectivity index (χ2n) is 3.39. The van der Waals surface area contributed by atoms with E-state index in [1.807, 2.05) is 32.4 Å². The molecule has 2 aromatic heterocycles. The number of rotatable bonds is 0. The van der Waals surface area contributed by atoms with Crippen molar-refractivity contribution in [3.8, 4) is 0 Å². The number of hydrogen-bond acceptors (Lipinski definition) is 2. The van der Waals surface area contributed by atoms with E-state index in [9.17, 15) is 0 Å². The Bertz CT molecular complexity index is 404. The Morgan fingerprint density at radius 3 is 2.64 bits per heavy atom. The van der Waals surface area contributed by atoms with Crippen LogP contribution in [0.5, 0.6) is 0 Å². The molecular weight excluding hydrogens is 174 g/mol. The molecule has 0 bridgehead atoms. The summed E-state index contributed by atoms with van der Waals surface area (Å²) in [5, 5.41) is 5.35. The molecule has 0 amide bonds. The predicted molar refractivity (Wildman–Crippen MR) is 59.2 cm³/mol. The van der Waals surface area contributed by atoms with Crippen LogP contribution in [0, 0.1) is 6.92 Å². The molecule has 0 saturated carbocycles. The lowest BCUT2D eigenvalue weighted by atomic mass is 10.3. The van der Waals surface area contributed by atoms with Crippen molar-refractivity contribution in [1.82, 2.24) is 14.8 Å². The number of hydrogen-bond donors (Lipinski definition) is 0. The van der Waals surface area contributed by atoms with E-state index in [4.69, 9.17) is 0 Å². The van der Waals surface area contributed by atoms with Crippen LogP contribution in [0.25, 0.3) is 10.9 Å². The highest BCUT2D eigenvalue weighted by atomic mass is 15.2. The van der Waals surface area contributed by atoms with Crippen LogP contribution in [-0.2, 0) is 7.05 Å². The van der Waals surface area contributed by atoms with E-state index in [2.05, 4.69) is 23.9 Å². The lowest BCUT2D eigenvalue weighted by molar-refractivity contribution is 0.779. The highest BCUT2D eigenvalue weighted by Crippen LogP contribution is 2.09. The third kappa shape index (κ3) is 2.55. The maximum absolute atomic E-state index is 4.25. The smallest absolute Gasteiger partial charge is 0.0956 e. The predicted octanol–water partition coefficient (Wildman–Crippen LogP) is 2.69. The number of aryl methyl sites for hydroxylation is 2. The third-order valence-corrected chi connectivity index (χ3v) is 1.64. The topological polar surface area (TPSA) is 30.7 Å². The lowest BCUT2D eigenvalue weighted by Crippen LogP contribution is -1.84. The molecular formula is C11H17N3. The molecule has 2 aromatic rings. The van der Waals surface area contributed by atoms with Gasteiger partial charge in [-0.15, -0.1) is 0 Å². The molecule has 0 spiro atoms. The quantitative estimate of drug-likeness (QED) is 0.641. The summed E-state index contributed by atoms with van der Waals surface area (Å²) in [6.07, 6.45) is 5.06. The number of fused-ring (bicyclic) bond motifs is 1. The first-order valence-corrected chi connectivity index (χ1v) is 4.93. The van der Waals surface area contributed by atoms with Gasteiger partial charge in [-0.3, -0.25) is 9.67 Å². The summed E-state index contributed by atoms with van der Waals surface area (Å²) in [7, 11) is 1.91. The molecule has 0 radical (unpaired) electrons. The summed E-state index contributed by atoms with van der Waals surface area (Å²) in [5.41, 5.74) is 2.02. The zero-order valence-electron chi connectivity index (χ0n) is 9.28. The lowest BCUT2D eigenvalue weighted by Gasteiger charge is -1.87. The molecule has 0 aliphatic heterocycles. The molecule has 0 aliphatic carbocycles. The zero-order chi connectivity index (χ0) is 10.6. The fourth-order valence-corrected chi connectivity index (χ4v) is 1.14. The van der Waals surface area contributed by atoms with Gasteiger partial charge in [-0.05, 0) is 13.0 Å². The van der Waals surface area contributed by atoms with Crippen LogP contribution < -0.4 is 0 Å². The number of nitrogens with zero attached hydrogens (tertiary/aromatic N) is 3.